The third-order valence-corrected chi connectivity index (χ3v) is 9.09. The summed E-state index contributed by atoms with van der Waals surface area (Å²) >= 11 is 0. The van der Waals surface area contributed by atoms with Crippen LogP contribution in [0.4, 0.5) is 0 Å². The topological polar surface area (TPSA) is 127 Å². The number of nitrogens with zero attached hydrogens (tertiary/aromatic N) is 1. The summed E-state index contributed by atoms with van der Waals surface area (Å²) < 4.78 is 13.3. The molecule has 0 radical (unpaired) electrons. The van der Waals surface area contributed by atoms with Crippen LogP contribution in [-0.4, -0.2) is 72.8 Å². The Kier molecular flexibility index (Phi) is 10.3. The second-order valence-electron chi connectivity index (χ2n) is 11.8. The number of hydrogen-bond acceptors (Lipinski definition) is 5. The molecule has 3 fully saturated rings. The molecule has 1 aliphatic heterocycles. The van der Waals surface area contributed by atoms with Gasteiger partial charge in [0, 0.05) is 47.1 Å². The van der Waals surface area contributed by atoms with Gasteiger partial charge in [0.2, 0.25) is 13.2 Å². The minimum absolute atomic E-state index is 0.0444. The Balaban J connectivity index is 0.000000278. The predicted octanol–water partition coefficient (Wildman–Crippen LogP) is 3.39. The molecule has 0 aromatic carbocycles. The summed E-state index contributed by atoms with van der Waals surface area (Å²) in [4.78, 5) is 37.0. The van der Waals surface area contributed by atoms with Gasteiger partial charge in [-0.15, -0.1) is 0 Å². The molecule has 5 rings (SSSR count). The summed E-state index contributed by atoms with van der Waals surface area (Å²) in [5.74, 6) is 1.88. The summed E-state index contributed by atoms with van der Waals surface area (Å²) in [5, 5.41) is 24.7. The maximum atomic E-state index is 12.3. The summed E-state index contributed by atoms with van der Waals surface area (Å²) in [6, 6.07) is 0. The molecule has 0 spiro atoms. The fourth-order valence-electron chi connectivity index (χ4n) is 6.61. The highest BCUT2D eigenvalue weighted by molar-refractivity contribution is 5.80. The molecule has 2 amide bonds. The lowest BCUT2D eigenvalue weighted by Gasteiger charge is -2.38. The highest BCUT2D eigenvalue weighted by Gasteiger charge is 2.40. The van der Waals surface area contributed by atoms with Crippen LogP contribution in [0.1, 0.15) is 72.5 Å². The van der Waals surface area contributed by atoms with Crippen LogP contribution in [0.25, 0.3) is 0 Å². The van der Waals surface area contributed by atoms with E-state index in [-0.39, 0.29) is 42.6 Å². The van der Waals surface area contributed by atoms with Crippen LogP contribution < -0.4 is 5.32 Å². The number of unbranched alkanes of at least 4 members (excludes halogenated alkanes) is 2. The number of aliphatic hydroxyl groups is 2. The van der Waals surface area contributed by atoms with E-state index in [1.807, 2.05) is 4.90 Å². The van der Waals surface area contributed by atoms with Crippen LogP contribution in [0.15, 0.2) is 24.3 Å². The fraction of sp³-hybridized carbons (Fsp3) is 0.767. The molecule has 1 saturated heterocycles. The summed E-state index contributed by atoms with van der Waals surface area (Å²) in [6.45, 7) is 2.30. The van der Waals surface area contributed by atoms with Crippen molar-refractivity contribution in [3.8, 4) is 0 Å². The third-order valence-electron chi connectivity index (χ3n) is 9.09. The molecule has 0 aromatic rings. The number of fused-ring (bicyclic) bond motifs is 4. The number of rotatable bonds is 9. The molecular weight excluding hydrogens is 484 g/mol. The first kappa shape index (κ1) is 27.4. The number of piperidine rings is 1. The van der Waals surface area contributed by atoms with Crippen molar-refractivity contribution in [1.29, 1.82) is 1.43 Å². The lowest BCUT2D eigenvalue weighted by Crippen LogP contribution is -2.43. The van der Waals surface area contributed by atoms with Crippen molar-refractivity contribution in [3.05, 3.63) is 24.3 Å². The maximum absolute atomic E-state index is 12.3. The second-order valence-corrected chi connectivity index (χ2v) is 11.8. The molecule has 4 aliphatic carbocycles. The number of carbonyl (C=O) groups is 3. The molecule has 5 aliphatic rings. The minimum atomic E-state index is -0.614. The number of aliphatic carboxylic acids is 1. The Morgan fingerprint density at radius 2 is 1.58 bits per heavy atom. The number of allylic oxidation sites excluding steroid dienone is 4. The van der Waals surface area contributed by atoms with Crippen LogP contribution in [-0.2, 0) is 14.4 Å². The Bertz CT molecular complexity index is 899. The van der Waals surface area contributed by atoms with Gasteiger partial charge in [0.25, 0.3) is 0 Å². The molecular formula is C30H48N2O6. The number of carboxylic acid groups (broad SMARTS) is 1. The van der Waals surface area contributed by atoms with Crippen molar-refractivity contribution in [1.82, 2.24) is 10.2 Å². The summed E-state index contributed by atoms with van der Waals surface area (Å²) in [7, 11) is 1.29. The van der Waals surface area contributed by atoms with E-state index in [2.05, 4.69) is 34.7 Å². The van der Waals surface area contributed by atoms with Crippen molar-refractivity contribution in [2.75, 3.05) is 33.4 Å². The second kappa shape index (κ2) is 14.3. The molecule has 6 atom stereocenters. The van der Waals surface area contributed by atoms with Crippen molar-refractivity contribution in [3.63, 3.8) is 0 Å². The van der Waals surface area contributed by atoms with E-state index in [0.717, 1.165) is 57.8 Å². The van der Waals surface area contributed by atoms with Crippen molar-refractivity contribution < 1.29 is 31.1 Å². The van der Waals surface area contributed by atoms with Crippen molar-refractivity contribution in [2.24, 2.45) is 40.9 Å². The first-order valence-electron chi connectivity index (χ1n) is 15.4. The first-order chi connectivity index (χ1) is 19.3. The molecule has 8 heteroatoms. The summed E-state index contributed by atoms with van der Waals surface area (Å²) in [5.41, 5.74) is -0.302. The number of aliphatic hydroxyl groups excluding tert-OH is 2. The van der Waals surface area contributed by atoms with Gasteiger partial charge in [0.15, 0.2) is 0 Å². The lowest BCUT2D eigenvalue weighted by molar-refractivity contribution is -0.142. The normalized spacial score (nSPS) is 32.0. The SMILES string of the molecule is O=C(O)C1CC2C=CC1C2.[3H]CC1(CO)CCN(C(=O)CCCCCNC(=O)C2CC3C=CC2C3)CC1.[3H]OC. The molecule has 1 heterocycles. The maximum Gasteiger partial charge on any atom is 0.307 e. The van der Waals surface area contributed by atoms with Gasteiger partial charge in [-0.05, 0) is 80.5 Å². The number of hydrogen-bond donors (Lipinski definition) is 4. The van der Waals surface area contributed by atoms with E-state index < -0.39 is 5.97 Å². The van der Waals surface area contributed by atoms with Crippen molar-refractivity contribution in [2.45, 2.75) is 71.1 Å². The minimum Gasteiger partial charge on any atom is -0.481 e. The Labute approximate surface area is 230 Å². The average molecular weight is 537 g/mol. The zero-order valence-corrected chi connectivity index (χ0v) is 22.9. The van der Waals surface area contributed by atoms with E-state index in [4.69, 9.17) is 7.91 Å². The van der Waals surface area contributed by atoms with E-state index in [1.165, 1.54) is 7.11 Å². The van der Waals surface area contributed by atoms with E-state index >= 15 is 0 Å². The quantitative estimate of drug-likeness (QED) is 0.264. The van der Waals surface area contributed by atoms with Gasteiger partial charge in [-0.2, -0.15) is 0 Å². The molecule has 214 valence electrons. The average Bonchev–Trinajstić information content (AvgIpc) is 3.78. The van der Waals surface area contributed by atoms with Gasteiger partial charge in [0.05, 0.1) is 5.92 Å². The first-order valence-corrected chi connectivity index (χ1v) is 14.3. The van der Waals surface area contributed by atoms with Crippen molar-refractivity contribution >= 4 is 17.8 Å². The molecule has 4 bridgehead atoms. The number of carbonyl (C=O) groups excluding carboxylic acids is 2. The Morgan fingerprint density at radius 3 is 2.03 bits per heavy atom. The van der Waals surface area contributed by atoms with Gasteiger partial charge in [-0.3, -0.25) is 14.4 Å². The fourth-order valence-corrected chi connectivity index (χ4v) is 6.61. The van der Waals surface area contributed by atoms with Gasteiger partial charge in [-0.1, -0.05) is 37.6 Å². The van der Waals surface area contributed by atoms with Gasteiger partial charge >= 0.3 is 5.97 Å². The van der Waals surface area contributed by atoms with Gasteiger partial charge < -0.3 is 25.5 Å². The smallest absolute Gasteiger partial charge is 0.307 e. The zero-order valence-electron chi connectivity index (χ0n) is 24.9. The number of amides is 2. The third kappa shape index (κ3) is 7.92. The molecule has 6 unspecified atom stereocenters. The highest BCUT2D eigenvalue weighted by Crippen LogP contribution is 2.44. The van der Waals surface area contributed by atoms with E-state index in [9.17, 15) is 19.5 Å². The molecule has 2 saturated carbocycles. The van der Waals surface area contributed by atoms with E-state index in [1.54, 1.807) is 0 Å². The van der Waals surface area contributed by atoms with E-state index in [0.29, 0.717) is 49.7 Å². The van der Waals surface area contributed by atoms with Crippen LogP contribution >= 0.6 is 0 Å². The van der Waals surface area contributed by atoms with Gasteiger partial charge in [0.1, 0.15) is 0 Å². The van der Waals surface area contributed by atoms with Crippen LogP contribution in [0, 0.1) is 40.9 Å². The van der Waals surface area contributed by atoms with Crippen LogP contribution in [0.3, 0.4) is 0 Å². The zero-order chi connectivity index (χ0) is 29.1. The lowest BCUT2D eigenvalue weighted by atomic mass is 9.81. The monoisotopic (exact) mass is 536 g/mol. The van der Waals surface area contributed by atoms with Crippen LogP contribution in [0.2, 0.25) is 0 Å². The number of likely N-dealkylation sites (tertiary alicyclic amines) is 1. The highest BCUT2D eigenvalue weighted by atomic mass is 16.4. The van der Waals surface area contributed by atoms with Crippen LogP contribution in [0.5, 0.6) is 0 Å². The number of carboxylic acids is 1. The number of nitrogens with one attached hydrogen (secondary N) is 1. The van der Waals surface area contributed by atoms with Gasteiger partial charge in [-0.25, -0.2) is 0 Å². The molecule has 38 heavy (non-hydrogen) atoms. The molecule has 4 N–H and O–H groups in total. The molecule has 0 aromatic heterocycles. The Hall–Kier alpha value is -2.19. The Morgan fingerprint density at radius 1 is 0.974 bits per heavy atom. The summed E-state index contributed by atoms with van der Waals surface area (Å²) in [6.07, 6.45) is 17.5. The standard InChI is InChI=1S/C21H34N2O3.C8H10O2.CH4O/c1-21(15-24)8-11-23(12-9-21)19(25)5-3-2-4-10-22-20(26)18-14-16-6-7-17(18)13-16;9-8(10)7-4-5-1-2-6(7)3-5;1-2/h6-7,16-18,24H,2-5,8-15H2,1H3,(H,22,26);1-2,5-7H,3-4H2,(H,9,10);2H,1H3/i1T;;2T. The largest absolute Gasteiger partial charge is 0.481 e. The molecule has 8 nitrogen and oxygen atoms in total. The predicted molar refractivity (Wildman–Crippen MR) is 146 cm³/mol.